The number of hydrogen-bond donors (Lipinski definition) is 0. The number of rotatable bonds is 1. The molecule has 0 aromatic rings. The van der Waals surface area contributed by atoms with E-state index in [9.17, 15) is 0 Å². The van der Waals surface area contributed by atoms with Crippen molar-refractivity contribution in [1.29, 1.82) is 0 Å². The quantitative estimate of drug-likeness (QED) is 0.501. The van der Waals surface area contributed by atoms with Gasteiger partial charge in [-0.05, 0) is 12.8 Å². The van der Waals surface area contributed by atoms with Crippen LogP contribution in [0.1, 0.15) is 6.42 Å². The minimum Gasteiger partial charge on any atom is -0.380 e. The van der Waals surface area contributed by atoms with Crippen molar-refractivity contribution in [2.75, 3.05) is 26.3 Å². The van der Waals surface area contributed by atoms with Crippen molar-refractivity contribution in [3.8, 4) is 0 Å². The van der Waals surface area contributed by atoms with Gasteiger partial charge in [0.05, 0.1) is 6.61 Å². The Morgan fingerprint density at radius 3 is 2.78 bits per heavy atom. The van der Waals surface area contributed by atoms with Crippen molar-refractivity contribution in [2.45, 2.75) is 12.5 Å². The lowest BCUT2D eigenvalue weighted by Crippen LogP contribution is -2.45. The summed E-state index contributed by atoms with van der Waals surface area (Å²) >= 11 is 0. The van der Waals surface area contributed by atoms with Crippen LogP contribution in [0.3, 0.4) is 0 Å². The van der Waals surface area contributed by atoms with Crippen LogP contribution < -0.4 is 0 Å². The third-order valence-electron chi connectivity index (χ3n) is 2.15. The average molecular weight is 126 g/mol. The first-order chi connectivity index (χ1) is 4.47. The Hall–Kier alpha value is -0.0800. The highest BCUT2D eigenvalue weighted by atomic mass is 16.5. The molecule has 9 heavy (non-hydrogen) atoms. The average Bonchev–Trinajstić information content (AvgIpc) is 2.11. The van der Waals surface area contributed by atoms with Crippen molar-refractivity contribution in [3.63, 3.8) is 0 Å². The summed E-state index contributed by atoms with van der Waals surface area (Å²) in [6.07, 6.45) is 3.55. The van der Waals surface area contributed by atoms with E-state index in [0.29, 0.717) is 0 Å². The zero-order valence-electron chi connectivity index (χ0n) is 5.55. The van der Waals surface area contributed by atoms with Gasteiger partial charge in [0.15, 0.2) is 0 Å². The zero-order chi connectivity index (χ0) is 6.10. The Morgan fingerprint density at radius 2 is 2.33 bits per heavy atom. The molecule has 2 rings (SSSR count). The Bertz CT molecular complexity index is 95.1. The summed E-state index contributed by atoms with van der Waals surface area (Å²) < 4.78 is 5.26. The van der Waals surface area contributed by atoms with Gasteiger partial charge in [0.2, 0.25) is 0 Å². The Balaban J connectivity index is 1.82. The first-order valence-electron chi connectivity index (χ1n) is 3.60. The van der Waals surface area contributed by atoms with Crippen molar-refractivity contribution in [3.05, 3.63) is 6.42 Å². The van der Waals surface area contributed by atoms with Crippen LogP contribution in [-0.2, 0) is 4.74 Å². The van der Waals surface area contributed by atoms with Crippen LogP contribution in [0.5, 0.6) is 0 Å². The Kier molecular flexibility index (Phi) is 1.44. The molecule has 2 aliphatic rings. The largest absolute Gasteiger partial charge is 0.380 e. The van der Waals surface area contributed by atoms with E-state index < -0.39 is 0 Å². The standard InChI is InChI=1S/C7H12NO/c1-3-8(4-1)7-2-5-9-6-7/h1,7H,2-6H2. The second-order valence-corrected chi connectivity index (χ2v) is 2.76. The molecule has 0 bridgehead atoms. The molecular weight excluding hydrogens is 114 g/mol. The molecule has 2 nitrogen and oxygen atoms in total. The number of likely N-dealkylation sites (tertiary alicyclic amines) is 1. The van der Waals surface area contributed by atoms with E-state index in [0.717, 1.165) is 19.3 Å². The molecule has 2 aliphatic heterocycles. The van der Waals surface area contributed by atoms with Gasteiger partial charge in [-0.1, -0.05) is 0 Å². The molecule has 2 fully saturated rings. The van der Waals surface area contributed by atoms with Gasteiger partial charge in [0, 0.05) is 25.7 Å². The van der Waals surface area contributed by atoms with Crippen LogP contribution >= 0.6 is 0 Å². The lowest BCUT2D eigenvalue weighted by Gasteiger charge is -2.35. The molecule has 0 aliphatic carbocycles. The number of ether oxygens (including phenoxy) is 1. The van der Waals surface area contributed by atoms with Crippen LogP contribution in [0, 0.1) is 6.42 Å². The number of nitrogens with zero attached hydrogens (tertiary/aromatic N) is 1. The fourth-order valence-corrected chi connectivity index (χ4v) is 1.39. The van der Waals surface area contributed by atoms with Crippen molar-refractivity contribution < 1.29 is 4.74 Å². The minimum atomic E-state index is 0.745. The normalized spacial score (nSPS) is 36.7. The highest BCUT2D eigenvalue weighted by Crippen LogP contribution is 2.17. The molecule has 0 aromatic heterocycles. The molecule has 0 aromatic carbocycles. The lowest BCUT2D eigenvalue weighted by atomic mass is 10.1. The molecule has 0 N–H and O–H groups in total. The smallest absolute Gasteiger partial charge is 0.0622 e. The monoisotopic (exact) mass is 126 g/mol. The van der Waals surface area contributed by atoms with Crippen LogP contribution in [-0.4, -0.2) is 37.2 Å². The van der Waals surface area contributed by atoms with Crippen LogP contribution in [0.25, 0.3) is 0 Å². The van der Waals surface area contributed by atoms with E-state index in [2.05, 4.69) is 11.3 Å². The number of hydrogen-bond acceptors (Lipinski definition) is 2. The maximum atomic E-state index is 5.26. The third kappa shape index (κ3) is 0.970. The Morgan fingerprint density at radius 1 is 1.44 bits per heavy atom. The summed E-state index contributed by atoms with van der Waals surface area (Å²) in [4.78, 5) is 2.47. The van der Waals surface area contributed by atoms with E-state index in [-0.39, 0.29) is 0 Å². The van der Waals surface area contributed by atoms with Gasteiger partial charge in [-0.2, -0.15) is 0 Å². The lowest BCUT2D eigenvalue weighted by molar-refractivity contribution is 0.129. The van der Waals surface area contributed by atoms with Gasteiger partial charge in [-0.15, -0.1) is 0 Å². The molecule has 0 amide bonds. The van der Waals surface area contributed by atoms with E-state index >= 15 is 0 Å². The maximum absolute atomic E-state index is 5.26. The molecule has 2 heteroatoms. The predicted octanol–water partition coefficient (Wildman–Crippen LogP) is 0.295. The summed E-state index contributed by atoms with van der Waals surface area (Å²) in [5, 5.41) is 0. The fourth-order valence-electron chi connectivity index (χ4n) is 1.39. The van der Waals surface area contributed by atoms with Gasteiger partial charge in [0.25, 0.3) is 0 Å². The van der Waals surface area contributed by atoms with Gasteiger partial charge >= 0.3 is 0 Å². The topological polar surface area (TPSA) is 12.5 Å². The van der Waals surface area contributed by atoms with E-state index in [1.54, 1.807) is 0 Å². The van der Waals surface area contributed by atoms with Crippen LogP contribution in [0.2, 0.25) is 0 Å². The third-order valence-corrected chi connectivity index (χ3v) is 2.15. The second kappa shape index (κ2) is 2.27. The van der Waals surface area contributed by atoms with Crippen molar-refractivity contribution in [2.24, 2.45) is 0 Å². The Labute approximate surface area is 55.8 Å². The molecule has 0 saturated carbocycles. The summed E-state index contributed by atoms with van der Waals surface area (Å²) in [5.74, 6) is 0. The highest BCUT2D eigenvalue weighted by molar-refractivity contribution is 4.91. The fraction of sp³-hybridized carbons (Fsp3) is 0.857. The molecule has 2 saturated heterocycles. The summed E-state index contributed by atoms with van der Waals surface area (Å²) in [5.41, 5.74) is 0. The van der Waals surface area contributed by atoms with Crippen LogP contribution in [0.4, 0.5) is 0 Å². The van der Waals surface area contributed by atoms with E-state index in [1.165, 1.54) is 19.5 Å². The summed E-state index contributed by atoms with van der Waals surface area (Å²) in [6.45, 7) is 4.32. The second-order valence-electron chi connectivity index (χ2n) is 2.76. The zero-order valence-corrected chi connectivity index (χ0v) is 5.55. The maximum Gasteiger partial charge on any atom is 0.0622 e. The summed E-state index contributed by atoms with van der Waals surface area (Å²) in [7, 11) is 0. The highest BCUT2D eigenvalue weighted by Gasteiger charge is 2.26. The molecule has 2 heterocycles. The molecule has 0 spiro atoms. The molecule has 51 valence electrons. The summed E-state index contributed by atoms with van der Waals surface area (Å²) in [6, 6.07) is 0.745. The van der Waals surface area contributed by atoms with Crippen molar-refractivity contribution >= 4 is 0 Å². The van der Waals surface area contributed by atoms with Gasteiger partial charge < -0.3 is 4.74 Å². The molecule has 1 unspecified atom stereocenters. The first kappa shape index (κ1) is 5.69. The SMILES string of the molecule is [CH]1CN(C2CCOC2)C1. The van der Waals surface area contributed by atoms with E-state index in [1.807, 2.05) is 0 Å². The van der Waals surface area contributed by atoms with Crippen LogP contribution in [0.15, 0.2) is 0 Å². The van der Waals surface area contributed by atoms with E-state index in [4.69, 9.17) is 4.74 Å². The van der Waals surface area contributed by atoms with Crippen molar-refractivity contribution in [1.82, 2.24) is 4.90 Å². The van der Waals surface area contributed by atoms with Gasteiger partial charge in [-0.25, -0.2) is 0 Å². The predicted molar refractivity (Wildman–Crippen MR) is 35.1 cm³/mol. The first-order valence-corrected chi connectivity index (χ1v) is 3.60. The van der Waals surface area contributed by atoms with Gasteiger partial charge in [-0.3, -0.25) is 4.90 Å². The molecule has 1 atom stereocenters. The van der Waals surface area contributed by atoms with Gasteiger partial charge in [0.1, 0.15) is 0 Å². The molecule has 1 radical (unpaired) electrons. The minimum absolute atomic E-state index is 0.745. The molecular formula is C7H12NO.